The Bertz CT molecular complexity index is 721. The Morgan fingerprint density at radius 1 is 1.04 bits per heavy atom. The maximum absolute atomic E-state index is 13.9. The van der Waals surface area contributed by atoms with E-state index in [0.717, 1.165) is 13.1 Å². The summed E-state index contributed by atoms with van der Waals surface area (Å²) >= 11 is 0. The molecule has 4 heteroatoms. The second-order valence-corrected chi connectivity index (χ2v) is 5.66. The van der Waals surface area contributed by atoms with E-state index in [1.54, 1.807) is 42.5 Å². The molecule has 0 bridgehead atoms. The van der Waals surface area contributed by atoms with E-state index in [9.17, 15) is 9.18 Å². The van der Waals surface area contributed by atoms with Crippen molar-refractivity contribution in [2.24, 2.45) is 0 Å². The summed E-state index contributed by atoms with van der Waals surface area (Å²) in [6.45, 7) is 1.99. The van der Waals surface area contributed by atoms with Gasteiger partial charge in [0.15, 0.2) is 0 Å². The largest absolute Gasteiger partial charge is 0.377 e. The summed E-state index contributed by atoms with van der Waals surface area (Å²) in [4.78, 5) is 18.7. The minimum atomic E-state index is -0.339. The van der Waals surface area contributed by atoms with Gasteiger partial charge < -0.3 is 4.90 Å². The van der Waals surface area contributed by atoms with E-state index < -0.39 is 0 Å². The monoisotopic (exact) mass is 310 g/mol. The predicted molar refractivity (Wildman–Crippen MR) is 88.5 cm³/mol. The molecule has 0 atom stereocenters. The molecule has 1 aliphatic rings. The molecule has 23 heavy (non-hydrogen) atoms. The average Bonchev–Trinajstić information content (AvgIpc) is 2.61. The second-order valence-electron chi connectivity index (χ2n) is 5.66. The number of piperidine rings is 1. The lowest BCUT2D eigenvalue weighted by Crippen LogP contribution is -2.24. The number of pyridine rings is 1. The van der Waals surface area contributed by atoms with E-state index in [2.05, 4.69) is 9.88 Å². The van der Waals surface area contributed by atoms with Crippen LogP contribution in [-0.4, -0.2) is 28.8 Å². The van der Waals surface area contributed by atoms with Gasteiger partial charge in [-0.05, 0) is 43.5 Å². The summed E-state index contributed by atoms with van der Waals surface area (Å²) < 4.78 is 13.9. The Hall–Kier alpha value is -2.49. The topological polar surface area (TPSA) is 33.2 Å². The molecule has 1 aromatic heterocycles. The highest BCUT2D eigenvalue weighted by Gasteiger charge is 2.10. The summed E-state index contributed by atoms with van der Waals surface area (Å²) in [6, 6.07) is 11.5. The minimum Gasteiger partial charge on any atom is -0.377 e. The van der Waals surface area contributed by atoms with Crippen molar-refractivity contribution >= 4 is 5.78 Å². The summed E-state index contributed by atoms with van der Waals surface area (Å²) in [7, 11) is 0. The van der Waals surface area contributed by atoms with Crippen LogP contribution in [0.25, 0.3) is 11.3 Å². The molecular formula is C19H19FN2O. The van der Waals surface area contributed by atoms with Crippen molar-refractivity contribution in [2.75, 3.05) is 13.1 Å². The highest BCUT2D eigenvalue weighted by molar-refractivity contribution is 6.03. The van der Waals surface area contributed by atoms with Crippen LogP contribution in [0.2, 0.25) is 0 Å². The Balaban J connectivity index is 1.78. The number of likely N-dealkylation sites (tertiary alicyclic amines) is 1. The Kier molecular flexibility index (Phi) is 4.81. The Labute approximate surface area is 135 Å². The lowest BCUT2D eigenvalue weighted by molar-refractivity contribution is 0.104. The minimum absolute atomic E-state index is 0.159. The number of benzene rings is 1. The first-order valence-electron chi connectivity index (χ1n) is 7.92. The third-order valence-corrected chi connectivity index (χ3v) is 3.98. The number of carbonyl (C=O) groups excluding carboxylic acids is 1. The lowest BCUT2D eigenvalue weighted by atomic mass is 10.1. The summed E-state index contributed by atoms with van der Waals surface area (Å²) in [5.41, 5.74) is 1.21. The maximum atomic E-state index is 13.9. The van der Waals surface area contributed by atoms with Gasteiger partial charge in [-0.15, -0.1) is 0 Å². The van der Waals surface area contributed by atoms with Crippen molar-refractivity contribution < 1.29 is 9.18 Å². The number of hydrogen-bond donors (Lipinski definition) is 0. The van der Waals surface area contributed by atoms with Crippen LogP contribution < -0.4 is 0 Å². The number of halogens is 1. The smallest absolute Gasteiger partial charge is 0.205 e. The molecule has 3 nitrogen and oxygen atoms in total. The molecule has 2 aromatic rings. The molecule has 0 saturated carbocycles. The molecule has 2 heterocycles. The van der Waals surface area contributed by atoms with Gasteiger partial charge in [0.2, 0.25) is 5.78 Å². The van der Waals surface area contributed by atoms with Crippen LogP contribution in [0.5, 0.6) is 0 Å². The molecular weight excluding hydrogens is 291 g/mol. The normalized spacial score (nSPS) is 15.1. The molecule has 0 spiro atoms. The van der Waals surface area contributed by atoms with Gasteiger partial charge in [-0.1, -0.05) is 18.2 Å². The fourth-order valence-electron chi connectivity index (χ4n) is 2.72. The average molecular weight is 310 g/mol. The van der Waals surface area contributed by atoms with Crippen molar-refractivity contribution in [3.05, 3.63) is 66.3 Å². The molecule has 1 aromatic carbocycles. The first-order valence-corrected chi connectivity index (χ1v) is 7.92. The zero-order valence-electron chi connectivity index (χ0n) is 12.9. The molecule has 0 amide bonds. The van der Waals surface area contributed by atoms with Crippen LogP contribution >= 0.6 is 0 Å². The SMILES string of the molecule is O=C(C=CN1CCCCC1)c1cccc(-c2ccccc2F)n1. The van der Waals surface area contributed by atoms with Gasteiger partial charge in [0.05, 0.1) is 5.69 Å². The first-order chi connectivity index (χ1) is 11.2. The van der Waals surface area contributed by atoms with Gasteiger partial charge in [-0.3, -0.25) is 4.79 Å². The van der Waals surface area contributed by atoms with Crippen molar-refractivity contribution in [1.29, 1.82) is 0 Å². The molecule has 1 fully saturated rings. The fraction of sp³-hybridized carbons (Fsp3) is 0.263. The van der Waals surface area contributed by atoms with Crippen LogP contribution in [0.3, 0.4) is 0 Å². The molecule has 1 aliphatic heterocycles. The fourth-order valence-corrected chi connectivity index (χ4v) is 2.72. The van der Waals surface area contributed by atoms with E-state index in [1.165, 1.54) is 25.3 Å². The molecule has 0 N–H and O–H groups in total. The molecule has 3 rings (SSSR count). The van der Waals surface area contributed by atoms with Crippen LogP contribution in [0.1, 0.15) is 29.8 Å². The van der Waals surface area contributed by atoms with Gasteiger partial charge in [0.25, 0.3) is 0 Å². The summed E-state index contributed by atoms with van der Waals surface area (Å²) in [5.74, 6) is -0.498. The third kappa shape index (κ3) is 3.83. The molecule has 0 aliphatic carbocycles. The van der Waals surface area contributed by atoms with Crippen molar-refractivity contribution in [3.63, 3.8) is 0 Å². The first kappa shape index (κ1) is 15.4. The van der Waals surface area contributed by atoms with Crippen molar-refractivity contribution in [2.45, 2.75) is 19.3 Å². The van der Waals surface area contributed by atoms with Crippen LogP contribution in [0, 0.1) is 5.82 Å². The Morgan fingerprint density at radius 3 is 2.61 bits per heavy atom. The lowest BCUT2D eigenvalue weighted by Gasteiger charge is -2.24. The number of aromatic nitrogens is 1. The van der Waals surface area contributed by atoms with Crippen LogP contribution in [-0.2, 0) is 0 Å². The summed E-state index contributed by atoms with van der Waals surface area (Å²) in [5, 5.41) is 0. The third-order valence-electron chi connectivity index (χ3n) is 3.98. The standard InChI is InChI=1S/C19H19FN2O/c20-16-8-3-2-7-15(16)17-9-6-10-18(21-17)19(23)11-14-22-12-4-1-5-13-22/h2-3,6-11,14H,1,4-5,12-13H2. The number of hydrogen-bond acceptors (Lipinski definition) is 3. The van der Waals surface area contributed by atoms with Gasteiger partial charge in [0.1, 0.15) is 11.5 Å². The number of nitrogens with zero attached hydrogens (tertiary/aromatic N) is 2. The Morgan fingerprint density at radius 2 is 1.83 bits per heavy atom. The van der Waals surface area contributed by atoms with Gasteiger partial charge in [-0.2, -0.15) is 0 Å². The predicted octanol–water partition coefficient (Wildman–Crippen LogP) is 4.07. The van der Waals surface area contributed by atoms with Crippen LogP contribution in [0.4, 0.5) is 4.39 Å². The number of allylic oxidation sites excluding steroid dienone is 1. The zero-order valence-corrected chi connectivity index (χ0v) is 12.9. The van der Waals surface area contributed by atoms with Crippen molar-refractivity contribution in [1.82, 2.24) is 9.88 Å². The van der Waals surface area contributed by atoms with Gasteiger partial charge >= 0.3 is 0 Å². The van der Waals surface area contributed by atoms with E-state index in [4.69, 9.17) is 0 Å². The highest BCUT2D eigenvalue weighted by atomic mass is 19.1. The van der Waals surface area contributed by atoms with Gasteiger partial charge in [-0.25, -0.2) is 9.37 Å². The van der Waals surface area contributed by atoms with E-state index in [0.29, 0.717) is 17.0 Å². The molecule has 0 radical (unpaired) electrons. The van der Waals surface area contributed by atoms with Gasteiger partial charge in [0, 0.05) is 30.9 Å². The molecule has 118 valence electrons. The quantitative estimate of drug-likeness (QED) is 0.630. The van der Waals surface area contributed by atoms with Crippen molar-refractivity contribution in [3.8, 4) is 11.3 Å². The maximum Gasteiger partial charge on any atom is 0.205 e. The van der Waals surface area contributed by atoms with E-state index in [1.807, 2.05) is 6.20 Å². The summed E-state index contributed by atoms with van der Waals surface area (Å²) in [6.07, 6.45) is 6.99. The molecule has 1 saturated heterocycles. The second kappa shape index (κ2) is 7.18. The number of rotatable bonds is 4. The highest BCUT2D eigenvalue weighted by Crippen LogP contribution is 2.20. The number of carbonyl (C=O) groups is 1. The molecule has 0 unspecified atom stereocenters. The van der Waals surface area contributed by atoms with E-state index in [-0.39, 0.29) is 11.6 Å². The zero-order chi connectivity index (χ0) is 16.1. The van der Waals surface area contributed by atoms with E-state index >= 15 is 0 Å². The number of ketones is 1. The van der Waals surface area contributed by atoms with Crippen LogP contribution in [0.15, 0.2) is 54.7 Å².